The molecule has 0 atom stereocenters. The normalized spacial score (nSPS) is 11.8. The third-order valence-electron chi connectivity index (χ3n) is 6.10. The van der Waals surface area contributed by atoms with Crippen molar-refractivity contribution in [1.29, 1.82) is 0 Å². The summed E-state index contributed by atoms with van der Waals surface area (Å²) < 4.78 is 3.67. The van der Waals surface area contributed by atoms with E-state index in [0.717, 1.165) is 33.6 Å². The van der Waals surface area contributed by atoms with Gasteiger partial charge in [0, 0.05) is 0 Å². The van der Waals surface area contributed by atoms with Crippen LogP contribution in [0.15, 0.2) is 102 Å². The van der Waals surface area contributed by atoms with Crippen molar-refractivity contribution in [2.45, 2.75) is 0 Å². The van der Waals surface area contributed by atoms with Gasteiger partial charge in [0.2, 0.25) is 0 Å². The van der Waals surface area contributed by atoms with E-state index >= 15 is 0 Å². The molecule has 0 fully saturated rings. The van der Waals surface area contributed by atoms with Gasteiger partial charge in [0.25, 0.3) is 0 Å². The minimum absolute atomic E-state index is 0.379. The molecule has 0 saturated heterocycles. The van der Waals surface area contributed by atoms with Crippen molar-refractivity contribution in [3.8, 4) is 17.2 Å². The van der Waals surface area contributed by atoms with Gasteiger partial charge in [-0.15, -0.1) is 0 Å². The summed E-state index contributed by atoms with van der Waals surface area (Å²) in [6, 6.07) is 34.1. The Balaban J connectivity index is 1.67. The van der Waals surface area contributed by atoms with Crippen molar-refractivity contribution in [2.75, 3.05) is 0 Å². The predicted molar refractivity (Wildman–Crippen MR) is 134 cm³/mol. The summed E-state index contributed by atoms with van der Waals surface area (Å²) in [6.07, 6.45) is 0. The van der Waals surface area contributed by atoms with Crippen LogP contribution in [0.3, 0.4) is 0 Å². The van der Waals surface area contributed by atoms with Crippen LogP contribution < -0.4 is 0 Å². The van der Waals surface area contributed by atoms with Gasteiger partial charge >= 0.3 is 191 Å². The number of hydrogen-bond acceptors (Lipinski definition) is 2. The van der Waals surface area contributed by atoms with Crippen LogP contribution >= 0.6 is 0 Å². The Bertz CT molecular complexity index is 1780. The molecule has 0 radical (unpaired) electrons. The second kappa shape index (κ2) is 6.89. The van der Waals surface area contributed by atoms with Crippen molar-refractivity contribution < 1.29 is 0 Å². The average Bonchev–Trinajstić information content (AvgIpc) is 3.46. The van der Waals surface area contributed by atoms with Gasteiger partial charge in [-0.05, 0) is 0 Å². The van der Waals surface area contributed by atoms with Crippen molar-refractivity contribution in [2.24, 2.45) is 0 Å². The second-order valence-electron chi connectivity index (χ2n) is 7.90. The molecule has 0 amide bonds. The first-order chi connectivity index (χ1) is 15.9. The van der Waals surface area contributed by atoms with Crippen LogP contribution in [-0.2, 0) is 0 Å². The first-order valence-corrected chi connectivity index (χ1v) is 12.4. The first kappa shape index (κ1) is 17.9. The van der Waals surface area contributed by atoms with E-state index in [-0.39, 0.29) is 0 Å². The Kier molecular flexibility index (Phi) is 3.86. The minimum atomic E-state index is 0.379. The number of para-hydroxylation sites is 2. The van der Waals surface area contributed by atoms with Crippen LogP contribution in [0.1, 0.15) is 0 Å². The van der Waals surface area contributed by atoms with Crippen molar-refractivity contribution in [3.05, 3.63) is 102 Å². The molecule has 0 spiro atoms. The van der Waals surface area contributed by atoms with E-state index in [2.05, 4.69) is 94.4 Å². The number of fused-ring (bicyclic) bond motifs is 6. The van der Waals surface area contributed by atoms with Crippen molar-refractivity contribution in [1.82, 2.24) is 14.5 Å². The van der Waals surface area contributed by atoms with Crippen LogP contribution in [0.4, 0.5) is 0 Å². The second-order valence-corrected chi connectivity index (χ2v) is 9.89. The van der Waals surface area contributed by atoms with Gasteiger partial charge in [-0.25, -0.2) is 0 Å². The number of rotatable bonds is 2. The van der Waals surface area contributed by atoms with E-state index in [1.54, 1.807) is 0 Å². The molecule has 7 aromatic rings. The third-order valence-corrected chi connectivity index (χ3v) is 7.95. The fraction of sp³-hybridized carbons (Fsp3) is 0. The predicted octanol–water partition coefficient (Wildman–Crippen LogP) is 6.60. The van der Waals surface area contributed by atoms with Crippen LogP contribution in [0, 0.1) is 0 Å². The van der Waals surface area contributed by atoms with Crippen LogP contribution in [0.25, 0.3) is 59.6 Å². The van der Waals surface area contributed by atoms with E-state index in [4.69, 9.17) is 9.97 Å². The summed E-state index contributed by atoms with van der Waals surface area (Å²) in [5.41, 5.74) is 5.35. The molecule has 3 aromatic heterocycles. The fourth-order valence-corrected chi connectivity index (χ4v) is 6.35. The van der Waals surface area contributed by atoms with Gasteiger partial charge in [0.15, 0.2) is 0 Å². The van der Waals surface area contributed by atoms with Gasteiger partial charge in [-0.1, -0.05) is 0 Å². The molecule has 7 rings (SSSR count). The van der Waals surface area contributed by atoms with E-state index in [0.29, 0.717) is 14.5 Å². The SMILES string of the molecule is c1ccc(-c2nc(-n3c4ccccc4c4ccc5[se]ccc5c43)nc3ccccc23)cc1. The quantitative estimate of drug-likeness (QED) is 0.264. The van der Waals surface area contributed by atoms with Crippen LogP contribution in [0.2, 0.25) is 0 Å². The zero-order chi connectivity index (χ0) is 21.1. The molecule has 0 aliphatic heterocycles. The zero-order valence-electron chi connectivity index (χ0n) is 17.1. The molecule has 0 aliphatic rings. The standard InChI is InChI=1S/C28H17N3Se/c1-2-8-18(9-3-1)26-21-11-4-6-12-23(21)29-28(30-26)31-24-13-7-5-10-19(24)20-14-15-25-22(27(20)31)16-17-32-25/h1-17H. The van der Waals surface area contributed by atoms with Crippen LogP contribution in [-0.4, -0.2) is 29.0 Å². The summed E-state index contributed by atoms with van der Waals surface area (Å²) in [5.74, 6) is 0.718. The molecule has 3 nitrogen and oxygen atoms in total. The monoisotopic (exact) mass is 475 g/mol. The fourth-order valence-electron chi connectivity index (χ4n) is 4.69. The van der Waals surface area contributed by atoms with Gasteiger partial charge in [-0.3, -0.25) is 0 Å². The summed E-state index contributed by atoms with van der Waals surface area (Å²) in [6.45, 7) is 0. The number of aromatic nitrogens is 3. The molecule has 0 bridgehead atoms. The van der Waals surface area contributed by atoms with Gasteiger partial charge in [0.05, 0.1) is 0 Å². The van der Waals surface area contributed by atoms with E-state index in [1.807, 2.05) is 12.1 Å². The molecule has 3 heterocycles. The Labute approximate surface area is 190 Å². The maximum absolute atomic E-state index is 5.17. The van der Waals surface area contributed by atoms with Crippen LogP contribution in [0.5, 0.6) is 0 Å². The Hall–Kier alpha value is -3.72. The maximum atomic E-state index is 5.17. The van der Waals surface area contributed by atoms with Gasteiger partial charge < -0.3 is 0 Å². The van der Waals surface area contributed by atoms with Crippen molar-refractivity contribution >= 4 is 56.9 Å². The number of benzene rings is 4. The Morgan fingerprint density at radius 1 is 0.594 bits per heavy atom. The summed E-state index contributed by atoms with van der Waals surface area (Å²) >= 11 is 0.379. The molecular formula is C28H17N3Se. The molecule has 0 saturated carbocycles. The molecule has 150 valence electrons. The summed E-state index contributed by atoms with van der Waals surface area (Å²) in [4.78, 5) is 12.5. The number of hydrogen-bond donors (Lipinski definition) is 0. The average molecular weight is 474 g/mol. The molecule has 32 heavy (non-hydrogen) atoms. The van der Waals surface area contributed by atoms with Crippen molar-refractivity contribution in [3.63, 3.8) is 0 Å². The van der Waals surface area contributed by atoms with E-state index < -0.39 is 0 Å². The summed E-state index contributed by atoms with van der Waals surface area (Å²) in [5, 5.41) is 4.85. The molecule has 4 aromatic carbocycles. The molecule has 0 aliphatic carbocycles. The number of nitrogens with zero attached hydrogens (tertiary/aromatic N) is 3. The van der Waals surface area contributed by atoms with Gasteiger partial charge in [-0.2, -0.15) is 0 Å². The third kappa shape index (κ3) is 2.54. The topological polar surface area (TPSA) is 30.7 Å². The van der Waals surface area contributed by atoms with E-state index in [9.17, 15) is 0 Å². The molecular weight excluding hydrogens is 457 g/mol. The Morgan fingerprint density at radius 3 is 2.28 bits per heavy atom. The molecule has 0 unspecified atom stereocenters. The van der Waals surface area contributed by atoms with Gasteiger partial charge in [0.1, 0.15) is 0 Å². The molecule has 0 N–H and O–H groups in total. The first-order valence-electron chi connectivity index (χ1n) is 10.6. The summed E-state index contributed by atoms with van der Waals surface area (Å²) in [7, 11) is 0. The Morgan fingerprint density at radius 2 is 1.38 bits per heavy atom. The molecule has 4 heteroatoms. The van der Waals surface area contributed by atoms with E-state index in [1.165, 1.54) is 25.9 Å². The zero-order valence-corrected chi connectivity index (χ0v) is 18.8.